The fourth-order valence-corrected chi connectivity index (χ4v) is 3.16. The molecule has 0 spiro atoms. The topological polar surface area (TPSA) is 69.0 Å². The molecular weight excluding hydrogens is 316 g/mol. The van der Waals surface area contributed by atoms with Gasteiger partial charge < -0.3 is 10.1 Å². The Kier molecular flexibility index (Phi) is 4.33. The smallest absolute Gasteiger partial charge is 0.226 e. The number of hydrogen-bond acceptors (Lipinski definition) is 4. The van der Waals surface area contributed by atoms with Crippen LogP contribution < -0.4 is 10.1 Å². The minimum Gasteiger partial charge on any atom is -0.492 e. The van der Waals surface area contributed by atoms with Gasteiger partial charge in [0.2, 0.25) is 5.91 Å². The summed E-state index contributed by atoms with van der Waals surface area (Å²) in [5.41, 5.74) is 3.01. The van der Waals surface area contributed by atoms with E-state index in [0.29, 0.717) is 13.2 Å². The third kappa shape index (κ3) is 3.33. The molecular formula is C19H20N4O2. The van der Waals surface area contributed by atoms with Crippen LogP contribution >= 0.6 is 0 Å². The van der Waals surface area contributed by atoms with Crippen LogP contribution in [-0.2, 0) is 17.8 Å². The second kappa shape index (κ2) is 6.93. The normalized spacial score (nSPS) is 16.2. The number of nitrogens with one attached hydrogen (secondary N) is 1. The fraction of sp³-hybridized carbons (Fsp3) is 0.316. The summed E-state index contributed by atoms with van der Waals surface area (Å²) < 4.78 is 7.56. The van der Waals surface area contributed by atoms with E-state index in [1.165, 1.54) is 0 Å². The predicted octanol–water partition coefficient (Wildman–Crippen LogP) is 2.19. The highest BCUT2D eigenvalue weighted by Crippen LogP contribution is 2.26. The van der Waals surface area contributed by atoms with Crippen molar-refractivity contribution in [1.29, 1.82) is 0 Å². The Morgan fingerprint density at radius 1 is 1.20 bits per heavy atom. The third-order valence-electron chi connectivity index (χ3n) is 4.52. The maximum atomic E-state index is 12.4. The molecule has 0 bridgehead atoms. The average Bonchev–Trinajstić information content (AvgIpc) is 3.08. The van der Waals surface area contributed by atoms with Crippen molar-refractivity contribution < 1.29 is 9.53 Å². The number of ether oxygens (including phenoxy) is 1. The summed E-state index contributed by atoms with van der Waals surface area (Å²) in [5, 5.41) is 11.3. The van der Waals surface area contributed by atoms with Crippen LogP contribution in [-0.4, -0.2) is 34.1 Å². The van der Waals surface area contributed by atoms with Gasteiger partial charge in [-0.15, -0.1) is 5.10 Å². The molecule has 6 heteroatoms. The van der Waals surface area contributed by atoms with Crippen LogP contribution in [0.5, 0.6) is 5.75 Å². The minimum atomic E-state index is -0.123. The molecule has 1 N–H and O–H groups in total. The number of benzene rings is 2. The van der Waals surface area contributed by atoms with E-state index in [0.717, 1.165) is 41.7 Å². The Hall–Kier alpha value is -2.89. The van der Waals surface area contributed by atoms with Crippen molar-refractivity contribution in [3.8, 4) is 5.75 Å². The van der Waals surface area contributed by atoms with Gasteiger partial charge in [0.05, 0.1) is 11.4 Å². The molecule has 2 heterocycles. The van der Waals surface area contributed by atoms with E-state index < -0.39 is 0 Å². The number of carbonyl (C=O) groups excluding carboxylic acids is 1. The molecule has 0 aliphatic carbocycles. The highest BCUT2D eigenvalue weighted by Gasteiger charge is 2.25. The molecule has 1 aliphatic heterocycles. The Morgan fingerprint density at radius 3 is 3.00 bits per heavy atom. The number of nitrogens with zero attached hydrogens (tertiary/aromatic N) is 3. The van der Waals surface area contributed by atoms with Gasteiger partial charge in [-0.25, -0.2) is 4.68 Å². The number of amides is 1. The Balaban J connectivity index is 1.27. The van der Waals surface area contributed by atoms with Gasteiger partial charge in [0.25, 0.3) is 0 Å². The van der Waals surface area contributed by atoms with E-state index in [4.69, 9.17) is 4.74 Å². The van der Waals surface area contributed by atoms with Crippen LogP contribution in [0.15, 0.2) is 48.5 Å². The van der Waals surface area contributed by atoms with Crippen molar-refractivity contribution >= 4 is 16.9 Å². The maximum Gasteiger partial charge on any atom is 0.226 e. The molecule has 25 heavy (non-hydrogen) atoms. The standard InChI is InChI=1S/C19H20N4O2/c24-19(15-12-14-6-1-4-9-18(14)25-13-15)20-10-5-11-23-17-8-3-2-7-16(17)21-22-23/h1-4,6-9,15H,5,10-13H2,(H,20,24). The van der Waals surface area contributed by atoms with Crippen molar-refractivity contribution in [3.63, 3.8) is 0 Å². The number of aromatic nitrogens is 3. The molecule has 0 radical (unpaired) electrons. The molecule has 128 valence electrons. The third-order valence-corrected chi connectivity index (χ3v) is 4.52. The number of fused-ring (bicyclic) bond motifs is 2. The SMILES string of the molecule is O=C(NCCCn1nnc2ccccc21)C1COc2ccccc2C1. The quantitative estimate of drug-likeness (QED) is 0.725. The highest BCUT2D eigenvalue weighted by molar-refractivity contribution is 5.79. The van der Waals surface area contributed by atoms with Gasteiger partial charge in [-0.2, -0.15) is 0 Å². The summed E-state index contributed by atoms with van der Waals surface area (Å²) in [6.07, 6.45) is 1.54. The zero-order chi connectivity index (χ0) is 17.1. The predicted molar refractivity (Wildman–Crippen MR) is 94.3 cm³/mol. The lowest BCUT2D eigenvalue weighted by Gasteiger charge is -2.24. The van der Waals surface area contributed by atoms with Crippen LogP contribution in [0.2, 0.25) is 0 Å². The summed E-state index contributed by atoms with van der Waals surface area (Å²) in [4.78, 5) is 12.4. The summed E-state index contributed by atoms with van der Waals surface area (Å²) in [5.74, 6) is 0.824. The van der Waals surface area contributed by atoms with Crippen LogP contribution in [0, 0.1) is 5.92 Å². The fourth-order valence-electron chi connectivity index (χ4n) is 3.16. The van der Waals surface area contributed by atoms with Crippen molar-refractivity contribution in [1.82, 2.24) is 20.3 Å². The first-order valence-corrected chi connectivity index (χ1v) is 8.58. The molecule has 4 rings (SSSR count). The molecule has 6 nitrogen and oxygen atoms in total. The van der Waals surface area contributed by atoms with E-state index in [1.54, 1.807) is 0 Å². The molecule has 1 unspecified atom stereocenters. The molecule has 0 saturated heterocycles. The number of carbonyl (C=O) groups is 1. The number of aryl methyl sites for hydroxylation is 1. The van der Waals surface area contributed by atoms with Gasteiger partial charge in [-0.1, -0.05) is 35.5 Å². The highest BCUT2D eigenvalue weighted by atomic mass is 16.5. The van der Waals surface area contributed by atoms with Gasteiger partial charge in [-0.3, -0.25) is 4.79 Å². The second-order valence-electron chi connectivity index (χ2n) is 6.27. The molecule has 0 saturated carbocycles. The van der Waals surface area contributed by atoms with Crippen molar-refractivity contribution in [2.45, 2.75) is 19.4 Å². The van der Waals surface area contributed by atoms with Gasteiger partial charge in [-0.05, 0) is 36.6 Å². The maximum absolute atomic E-state index is 12.4. The monoisotopic (exact) mass is 336 g/mol. The minimum absolute atomic E-state index is 0.0537. The van der Waals surface area contributed by atoms with Crippen molar-refractivity contribution in [2.75, 3.05) is 13.2 Å². The lowest BCUT2D eigenvalue weighted by atomic mass is 9.96. The van der Waals surface area contributed by atoms with Crippen LogP contribution in [0.3, 0.4) is 0 Å². The molecule has 0 fully saturated rings. The Morgan fingerprint density at radius 2 is 2.04 bits per heavy atom. The second-order valence-corrected chi connectivity index (χ2v) is 6.27. The summed E-state index contributed by atoms with van der Waals surface area (Å²) >= 11 is 0. The van der Waals surface area contributed by atoms with E-state index in [-0.39, 0.29) is 11.8 Å². The zero-order valence-electron chi connectivity index (χ0n) is 13.9. The van der Waals surface area contributed by atoms with Gasteiger partial charge in [0.15, 0.2) is 0 Å². The van der Waals surface area contributed by atoms with E-state index in [1.807, 2.05) is 53.2 Å². The molecule has 1 aliphatic rings. The van der Waals surface area contributed by atoms with Crippen LogP contribution in [0.1, 0.15) is 12.0 Å². The first kappa shape index (κ1) is 15.6. The number of para-hydroxylation sites is 2. The number of hydrogen-bond donors (Lipinski definition) is 1. The van der Waals surface area contributed by atoms with Crippen LogP contribution in [0.4, 0.5) is 0 Å². The summed E-state index contributed by atoms with van der Waals surface area (Å²) in [7, 11) is 0. The zero-order valence-corrected chi connectivity index (χ0v) is 13.9. The molecule has 1 amide bonds. The lowest BCUT2D eigenvalue weighted by molar-refractivity contribution is -0.126. The van der Waals surface area contributed by atoms with Gasteiger partial charge >= 0.3 is 0 Å². The molecule has 1 atom stereocenters. The molecule has 1 aromatic heterocycles. The van der Waals surface area contributed by atoms with Crippen molar-refractivity contribution in [2.24, 2.45) is 5.92 Å². The lowest BCUT2D eigenvalue weighted by Crippen LogP contribution is -2.38. The van der Waals surface area contributed by atoms with E-state index in [2.05, 4.69) is 15.6 Å². The average molecular weight is 336 g/mol. The van der Waals surface area contributed by atoms with E-state index >= 15 is 0 Å². The summed E-state index contributed by atoms with van der Waals surface area (Å²) in [6.45, 7) is 1.78. The first-order chi connectivity index (χ1) is 12.3. The molecule has 3 aromatic rings. The largest absolute Gasteiger partial charge is 0.492 e. The number of rotatable bonds is 5. The van der Waals surface area contributed by atoms with E-state index in [9.17, 15) is 4.79 Å². The Bertz CT molecular complexity index is 890. The summed E-state index contributed by atoms with van der Waals surface area (Å²) in [6, 6.07) is 15.8. The Labute approximate surface area is 145 Å². The molecule has 2 aromatic carbocycles. The van der Waals surface area contributed by atoms with Crippen molar-refractivity contribution in [3.05, 3.63) is 54.1 Å². The van der Waals surface area contributed by atoms with Crippen LogP contribution in [0.25, 0.3) is 11.0 Å². The van der Waals surface area contributed by atoms with Gasteiger partial charge in [0, 0.05) is 13.1 Å². The first-order valence-electron chi connectivity index (χ1n) is 8.58. The van der Waals surface area contributed by atoms with Gasteiger partial charge in [0.1, 0.15) is 17.9 Å².